The van der Waals surface area contributed by atoms with Crippen LogP contribution < -0.4 is 11.0 Å². The summed E-state index contributed by atoms with van der Waals surface area (Å²) >= 11 is 0. The van der Waals surface area contributed by atoms with E-state index in [1.54, 1.807) is 12.1 Å². The molecule has 0 amide bonds. The highest BCUT2D eigenvalue weighted by Crippen LogP contribution is 2.16. The first-order chi connectivity index (χ1) is 10.3. The Balaban J connectivity index is 0.00000176. The highest BCUT2D eigenvalue weighted by atomic mass is 79.9. The van der Waals surface area contributed by atoms with Gasteiger partial charge in [0.15, 0.2) is 5.65 Å². The Hall–Kier alpha value is -1.71. The summed E-state index contributed by atoms with van der Waals surface area (Å²) in [6, 6.07) is 3.50. The van der Waals surface area contributed by atoms with E-state index in [-0.39, 0.29) is 22.6 Å². The minimum absolute atomic E-state index is 0. The number of nitrogens with zero attached hydrogens (tertiary/aromatic N) is 4. The standard InChI is InChI=1S/C13H17N5O3.BrH/c19-13-16-11(10-2-1-3-15-12(10)18(13)20)14-4-5-17-6-8-21-9-7-17;/h1-3,20H,4-9H2,(H,14,16,19);1H. The number of halogens is 1. The zero-order valence-electron chi connectivity index (χ0n) is 11.9. The summed E-state index contributed by atoms with van der Waals surface area (Å²) in [5.41, 5.74) is -0.540. The van der Waals surface area contributed by atoms with Crippen molar-refractivity contribution in [2.75, 3.05) is 44.7 Å². The van der Waals surface area contributed by atoms with Crippen LogP contribution >= 0.6 is 17.0 Å². The molecule has 0 unspecified atom stereocenters. The SMILES string of the molecule is Br.O=c1nc(NCCN2CCOCC2)c2cccnc2n1O. The second kappa shape index (κ2) is 7.52. The van der Waals surface area contributed by atoms with Crippen molar-refractivity contribution in [3.8, 4) is 0 Å². The first-order valence-electron chi connectivity index (χ1n) is 6.87. The molecule has 0 saturated carbocycles. The van der Waals surface area contributed by atoms with Gasteiger partial charge in [0.1, 0.15) is 5.82 Å². The molecule has 0 atom stereocenters. The fourth-order valence-corrected chi connectivity index (χ4v) is 2.34. The number of morpholine rings is 1. The van der Waals surface area contributed by atoms with Gasteiger partial charge < -0.3 is 15.3 Å². The third kappa shape index (κ3) is 3.54. The topological polar surface area (TPSA) is 92.5 Å². The van der Waals surface area contributed by atoms with Crippen molar-refractivity contribution < 1.29 is 9.94 Å². The van der Waals surface area contributed by atoms with E-state index >= 15 is 0 Å². The van der Waals surface area contributed by atoms with Gasteiger partial charge >= 0.3 is 5.69 Å². The van der Waals surface area contributed by atoms with Crippen LogP contribution in [0.4, 0.5) is 5.82 Å². The molecule has 1 aliphatic rings. The first-order valence-corrected chi connectivity index (χ1v) is 6.87. The zero-order chi connectivity index (χ0) is 14.7. The van der Waals surface area contributed by atoms with E-state index in [2.05, 4.69) is 20.2 Å². The van der Waals surface area contributed by atoms with Crippen molar-refractivity contribution in [2.24, 2.45) is 0 Å². The van der Waals surface area contributed by atoms with Crippen LogP contribution in [-0.4, -0.2) is 64.2 Å². The number of hydrogen-bond donors (Lipinski definition) is 2. The predicted molar refractivity (Wildman–Crippen MR) is 87.1 cm³/mol. The van der Waals surface area contributed by atoms with Gasteiger partial charge in [-0.1, -0.05) is 0 Å². The van der Waals surface area contributed by atoms with E-state index < -0.39 is 5.69 Å². The molecular weight excluding hydrogens is 354 g/mol. The van der Waals surface area contributed by atoms with Gasteiger partial charge in [0.25, 0.3) is 0 Å². The molecule has 2 N–H and O–H groups in total. The molecule has 1 saturated heterocycles. The molecular formula is C13H18BrN5O3. The van der Waals surface area contributed by atoms with Gasteiger partial charge in [-0.05, 0) is 12.1 Å². The Morgan fingerprint density at radius 1 is 1.36 bits per heavy atom. The molecule has 0 spiro atoms. The minimum Gasteiger partial charge on any atom is -0.422 e. The van der Waals surface area contributed by atoms with Crippen LogP contribution in [0, 0.1) is 0 Å². The van der Waals surface area contributed by atoms with Crippen molar-refractivity contribution in [1.82, 2.24) is 19.6 Å². The molecule has 22 heavy (non-hydrogen) atoms. The average Bonchev–Trinajstić information content (AvgIpc) is 2.53. The second-order valence-electron chi connectivity index (χ2n) is 4.81. The van der Waals surface area contributed by atoms with Gasteiger partial charge in [0.2, 0.25) is 0 Å². The van der Waals surface area contributed by atoms with Gasteiger partial charge in [-0.15, -0.1) is 21.7 Å². The molecule has 0 radical (unpaired) electrons. The Labute approximate surface area is 137 Å². The molecule has 2 aromatic rings. The summed E-state index contributed by atoms with van der Waals surface area (Å²) in [5.74, 6) is 0.446. The highest BCUT2D eigenvalue weighted by Gasteiger charge is 2.12. The summed E-state index contributed by atoms with van der Waals surface area (Å²) in [6.45, 7) is 4.84. The first kappa shape index (κ1) is 16.7. The summed E-state index contributed by atoms with van der Waals surface area (Å²) in [6.07, 6.45) is 1.52. The van der Waals surface area contributed by atoms with Crippen molar-refractivity contribution in [3.63, 3.8) is 0 Å². The van der Waals surface area contributed by atoms with Gasteiger partial charge in [0, 0.05) is 32.4 Å². The maximum absolute atomic E-state index is 11.6. The number of aromatic nitrogens is 3. The summed E-state index contributed by atoms with van der Waals surface area (Å²) in [7, 11) is 0. The normalized spacial score (nSPS) is 15.5. The molecule has 9 heteroatoms. The number of rotatable bonds is 4. The van der Waals surface area contributed by atoms with Crippen LogP contribution in [0.2, 0.25) is 0 Å². The molecule has 8 nitrogen and oxygen atoms in total. The Bertz CT molecular complexity index is 687. The van der Waals surface area contributed by atoms with Crippen LogP contribution in [0.1, 0.15) is 0 Å². The Kier molecular flexibility index (Phi) is 5.69. The predicted octanol–water partition coefficient (Wildman–Crippen LogP) is 0.351. The lowest BCUT2D eigenvalue weighted by atomic mass is 10.3. The van der Waals surface area contributed by atoms with Crippen LogP contribution in [0.5, 0.6) is 0 Å². The fraction of sp³-hybridized carbons (Fsp3) is 0.462. The van der Waals surface area contributed by atoms with Crippen molar-refractivity contribution in [3.05, 3.63) is 28.8 Å². The summed E-state index contributed by atoms with van der Waals surface area (Å²) in [4.78, 5) is 21.7. The monoisotopic (exact) mass is 371 g/mol. The van der Waals surface area contributed by atoms with Crippen LogP contribution in [0.3, 0.4) is 0 Å². The van der Waals surface area contributed by atoms with E-state index in [0.29, 0.717) is 22.5 Å². The summed E-state index contributed by atoms with van der Waals surface area (Å²) < 4.78 is 5.76. The van der Waals surface area contributed by atoms with Crippen molar-refractivity contribution in [2.45, 2.75) is 0 Å². The number of pyridine rings is 1. The quantitative estimate of drug-likeness (QED) is 0.749. The number of fused-ring (bicyclic) bond motifs is 1. The molecule has 1 fully saturated rings. The van der Waals surface area contributed by atoms with E-state index in [1.165, 1.54) is 6.20 Å². The van der Waals surface area contributed by atoms with Crippen LogP contribution in [0.15, 0.2) is 23.1 Å². The zero-order valence-corrected chi connectivity index (χ0v) is 13.6. The molecule has 2 aromatic heterocycles. The molecule has 0 bridgehead atoms. The Morgan fingerprint density at radius 2 is 2.14 bits per heavy atom. The number of nitrogens with one attached hydrogen (secondary N) is 1. The van der Waals surface area contributed by atoms with E-state index in [4.69, 9.17) is 4.74 Å². The van der Waals surface area contributed by atoms with Gasteiger partial charge in [-0.25, -0.2) is 9.78 Å². The Morgan fingerprint density at radius 3 is 2.91 bits per heavy atom. The lowest BCUT2D eigenvalue weighted by Crippen LogP contribution is -2.39. The smallest absolute Gasteiger partial charge is 0.384 e. The van der Waals surface area contributed by atoms with E-state index in [0.717, 1.165) is 32.8 Å². The molecule has 3 heterocycles. The highest BCUT2D eigenvalue weighted by molar-refractivity contribution is 8.93. The van der Waals surface area contributed by atoms with Gasteiger partial charge in [0.05, 0.1) is 18.6 Å². The van der Waals surface area contributed by atoms with Crippen molar-refractivity contribution >= 4 is 33.8 Å². The molecule has 120 valence electrons. The fourth-order valence-electron chi connectivity index (χ4n) is 2.34. The number of anilines is 1. The van der Waals surface area contributed by atoms with E-state index in [1.807, 2.05) is 0 Å². The lowest BCUT2D eigenvalue weighted by Gasteiger charge is -2.26. The van der Waals surface area contributed by atoms with Gasteiger partial charge in [-0.3, -0.25) is 4.90 Å². The molecule has 3 rings (SSSR count). The molecule has 0 aliphatic carbocycles. The summed E-state index contributed by atoms with van der Waals surface area (Å²) in [5, 5.41) is 13.4. The third-order valence-electron chi connectivity index (χ3n) is 3.46. The molecule has 0 aromatic carbocycles. The third-order valence-corrected chi connectivity index (χ3v) is 3.46. The minimum atomic E-state index is -0.741. The number of hydrogen-bond acceptors (Lipinski definition) is 7. The average molecular weight is 372 g/mol. The van der Waals surface area contributed by atoms with Crippen LogP contribution in [-0.2, 0) is 4.74 Å². The van der Waals surface area contributed by atoms with Crippen LogP contribution in [0.25, 0.3) is 11.0 Å². The lowest BCUT2D eigenvalue weighted by molar-refractivity contribution is 0.0398. The maximum atomic E-state index is 11.6. The maximum Gasteiger partial charge on any atom is 0.384 e. The largest absolute Gasteiger partial charge is 0.422 e. The second-order valence-corrected chi connectivity index (χ2v) is 4.81. The van der Waals surface area contributed by atoms with Crippen molar-refractivity contribution in [1.29, 1.82) is 0 Å². The van der Waals surface area contributed by atoms with Gasteiger partial charge in [-0.2, -0.15) is 4.98 Å². The van der Waals surface area contributed by atoms with E-state index in [9.17, 15) is 10.0 Å². The molecule has 1 aliphatic heterocycles. The number of ether oxygens (including phenoxy) is 1.